The van der Waals surface area contributed by atoms with Gasteiger partial charge in [0.2, 0.25) is 10.0 Å². The number of nitrogens with two attached hydrogens (primary N) is 1. The molecule has 2 rings (SSSR count). The molecular formula is C10H13NO4S. The first-order valence-corrected chi connectivity index (χ1v) is 6.50. The number of aromatic hydroxyl groups is 1. The third kappa shape index (κ3) is 2.65. The largest absolute Gasteiger partial charge is 0.508 e. The molecule has 88 valence electrons. The molecule has 0 saturated heterocycles. The minimum atomic E-state index is -3.87. The lowest BCUT2D eigenvalue weighted by atomic mass is 10.3. The molecule has 0 spiro atoms. The van der Waals surface area contributed by atoms with E-state index in [0.717, 1.165) is 18.9 Å². The van der Waals surface area contributed by atoms with E-state index in [1.807, 2.05) is 0 Å². The molecule has 1 saturated carbocycles. The summed E-state index contributed by atoms with van der Waals surface area (Å²) < 4.78 is 27.9. The van der Waals surface area contributed by atoms with Gasteiger partial charge < -0.3 is 9.84 Å². The summed E-state index contributed by atoms with van der Waals surface area (Å²) in [5.74, 6) is 0.567. The van der Waals surface area contributed by atoms with E-state index < -0.39 is 10.0 Å². The summed E-state index contributed by atoms with van der Waals surface area (Å²) >= 11 is 0. The van der Waals surface area contributed by atoms with Crippen molar-refractivity contribution in [1.29, 1.82) is 0 Å². The number of hydrogen-bond donors (Lipinski definition) is 2. The minimum Gasteiger partial charge on any atom is -0.508 e. The van der Waals surface area contributed by atoms with Gasteiger partial charge in [0.1, 0.15) is 16.4 Å². The van der Waals surface area contributed by atoms with Crippen LogP contribution in [0.3, 0.4) is 0 Å². The van der Waals surface area contributed by atoms with Crippen LogP contribution in [0.5, 0.6) is 11.5 Å². The Labute approximate surface area is 93.9 Å². The smallest absolute Gasteiger partial charge is 0.241 e. The zero-order chi connectivity index (χ0) is 11.8. The number of phenolic OH excluding ortho intramolecular Hbond substituents is 1. The summed E-state index contributed by atoms with van der Waals surface area (Å²) in [5, 5.41) is 14.2. The van der Waals surface area contributed by atoms with E-state index in [1.54, 1.807) is 0 Å². The summed E-state index contributed by atoms with van der Waals surface area (Å²) in [6, 6.07) is 3.88. The molecule has 1 aliphatic carbocycles. The highest BCUT2D eigenvalue weighted by Gasteiger charge is 2.23. The molecule has 5 nitrogen and oxygen atoms in total. The Morgan fingerprint density at radius 3 is 2.69 bits per heavy atom. The molecule has 0 heterocycles. The number of primary sulfonamides is 1. The van der Waals surface area contributed by atoms with Crippen LogP contribution in [-0.2, 0) is 10.0 Å². The first-order valence-electron chi connectivity index (χ1n) is 4.95. The van der Waals surface area contributed by atoms with Crippen molar-refractivity contribution in [2.45, 2.75) is 17.7 Å². The minimum absolute atomic E-state index is 0.150. The van der Waals surface area contributed by atoms with Crippen molar-refractivity contribution < 1.29 is 18.3 Å². The number of sulfonamides is 1. The van der Waals surface area contributed by atoms with Crippen LogP contribution in [0.1, 0.15) is 12.8 Å². The van der Waals surface area contributed by atoms with Gasteiger partial charge in [-0.05, 0) is 30.9 Å². The average Bonchev–Trinajstić information content (AvgIpc) is 2.98. The van der Waals surface area contributed by atoms with Gasteiger partial charge in [0.25, 0.3) is 0 Å². The van der Waals surface area contributed by atoms with E-state index in [0.29, 0.717) is 12.5 Å². The first-order chi connectivity index (χ1) is 7.47. The molecule has 1 aromatic rings. The van der Waals surface area contributed by atoms with E-state index in [4.69, 9.17) is 9.88 Å². The van der Waals surface area contributed by atoms with E-state index in [2.05, 4.69) is 0 Å². The lowest BCUT2D eigenvalue weighted by Crippen LogP contribution is -2.14. The van der Waals surface area contributed by atoms with Crippen LogP contribution in [0.4, 0.5) is 0 Å². The summed E-state index contributed by atoms with van der Waals surface area (Å²) in [4.78, 5) is -0.173. The Morgan fingerprint density at radius 1 is 1.44 bits per heavy atom. The fraction of sp³-hybridized carbons (Fsp3) is 0.400. The summed E-state index contributed by atoms with van der Waals surface area (Å²) in [6.07, 6.45) is 2.23. The zero-order valence-electron chi connectivity index (χ0n) is 8.59. The number of ether oxygens (including phenoxy) is 1. The molecule has 1 aliphatic rings. The lowest BCUT2D eigenvalue weighted by Gasteiger charge is -2.09. The van der Waals surface area contributed by atoms with Crippen LogP contribution in [-0.4, -0.2) is 20.1 Å². The maximum atomic E-state index is 11.3. The van der Waals surface area contributed by atoms with Gasteiger partial charge >= 0.3 is 0 Å². The van der Waals surface area contributed by atoms with Crippen LogP contribution >= 0.6 is 0 Å². The van der Waals surface area contributed by atoms with Gasteiger partial charge in [0, 0.05) is 6.07 Å². The van der Waals surface area contributed by atoms with E-state index in [-0.39, 0.29) is 16.4 Å². The number of rotatable bonds is 4. The normalized spacial score (nSPS) is 16.1. The highest BCUT2D eigenvalue weighted by atomic mass is 32.2. The van der Waals surface area contributed by atoms with Crippen molar-refractivity contribution in [2.24, 2.45) is 11.1 Å². The molecule has 0 atom stereocenters. The van der Waals surface area contributed by atoms with Crippen LogP contribution in [0.2, 0.25) is 0 Å². The van der Waals surface area contributed by atoms with Crippen molar-refractivity contribution in [3.8, 4) is 11.5 Å². The number of benzene rings is 1. The quantitative estimate of drug-likeness (QED) is 0.819. The molecule has 1 fully saturated rings. The van der Waals surface area contributed by atoms with Crippen molar-refractivity contribution in [1.82, 2.24) is 0 Å². The second-order valence-corrected chi connectivity index (χ2v) is 5.46. The van der Waals surface area contributed by atoms with Crippen molar-refractivity contribution in [2.75, 3.05) is 6.61 Å². The van der Waals surface area contributed by atoms with Crippen molar-refractivity contribution in [3.05, 3.63) is 18.2 Å². The van der Waals surface area contributed by atoms with Gasteiger partial charge in [-0.3, -0.25) is 0 Å². The molecule has 0 amide bonds. The molecule has 3 N–H and O–H groups in total. The van der Waals surface area contributed by atoms with Gasteiger partial charge in [-0.15, -0.1) is 0 Å². The highest BCUT2D eigenvalue weighted by Crippen LogP contribution is 2.32. The van der Waals surface area contributed by atoms with Crippen LogP contribution in [0, 0.1) is 5.92 Å². The Balaban J connectivity index is 2.27. The van der Waals surface area contributed by atoms with Gasteiger partial charge in [-0.2, -0.15) is 0 Å². The second-order valence-electron chi connectivity index (χ2n) is 3.93. The predicted octanol–water partition coefficient (Wildman–Crippen LogP) is 0.828. The second kappa shape index (κ2) is 3.95. The molecular weight excluding hydrogens is 230 g/mol. The predicted molar refractivity (Wildman–Crippen MR) is 57.7 cm³/mol. The molecule has 1 aromatic carbocycles. The molecule has 6 heteroatoms. The van der Waals surface area contributed by atoms with Gasteiger partial charge in [-0.1, -0.05) is 0 Å². The molecule has 0 unspecified atom stereocenters. The lowest BCUT2D eigenvalue weighted by molar-refractivity contribution is 0.291. The third-order valence-corrected chi connectivity index (χ3v) is 3.34. The van der Waals surface area contributed by atoms with Crippen molar-refractivity contribution >= 4 is 10.0 Å². The Hall–Kier alpha value is -1.27. The van der Waals surface area contributed by atoms with Crippen LogP contribution < -0.4 is 9.88 Å². The Bertz CT molecular complexity index is 494. The van der Waals surface area contributed by atoms with Crippen LogP contribution in [0.25, 0.3) is 0 Å². The van der Waals surface area contributed by atoms with E-state index in [1.165, 1.54) is 12.1 Å². The van der Waals surface area contributed by atoms with Gasteiger partial charge in [0.05, 0.1) is 6.61 Å². The maximum Gasteiger partial charge on any atom is 0.241 e. The Morgan fingerprint density at radius 2 is 2.12 bits per heavy atom. The zero-order valence-corrected chi connectivity index (χ0v) is 9.40. The monoisotopic (exact) mass is 243 g/mol. The van der Waals surface area contributed by atoms with Crippen molar-refractivity contribution in [3.63, 3.8) is 0 Å². The molecule has 0 radical (unpaired) electrons. The summed E-state index contributed by atoms with van der Waals surface area (Å²) in [6.45, 7) is 0.493. The van der Waals surface area contributed by atoms with Gasteiger partial charge in [0.15, 0.2) is 0 Å². The molecule has 0 aliphatic heterocycles. The Kier molecular flexibility index (Phi) is 2.77. The number of phenols is 1. The van der Waals surface area contributed by atoms with Gasteiger partial charge in [-0.25, -0.2) is 13.6 Å². The highest BCUT2D eigenvalue weighted by molar-refractivity contribution is 7.89. The van der Waals surface area contributed by atoms with E-state index >= 15 is 0 Å². The van der Waals surface area contributed by atoms with Crippen LogP contribution in [0.15, 0.2) is 23.1 Å². The first kappa shape index (κ1) is 11.2. The maximum absolute atomic E-state index is 11.3. The summed E-state index contributed by atoms with van der Waals surface area (Å²) in [5.41, 5.74) is 0. The standard InChI is InChI=1S/C10H13NO4S/c11-16(13,14)10-5-8(12)3-4-9(10)15-6-7-1-2-7/h3-5,7,12H,1-2,6H2,(H2,11,13,14). The topological polar surface area (TPSA) is 89.6 Å². The average molecular weight is 243 g/mol. The molecule has 0 aromatic heterocycles. The molecule has 0 bridgehead atoms. The third-order valence-electron chi connectivity index (χ3n) is 2.41. The fourth-order valence-corrected chi connectivity index (χ4v) is 2.02. The fourth-order valence-electron chi connectivity index (χ4n) is 1.33. The number of hydrogen-bond acceptors (Lipinski definition) is 4. The SMILES string of the molecule is NS(=O)(=O)c1cc(O)ccc1OCC1CC1. The summed E-state index contributed by atoms with van der Waals surface area (Å²) in [7, 11) is -3.87. The van der Waals surface area contributed by atoms with E-state index in [9.17, 15) is 13.5 Å². The molecule has 16 heavy (non-hydrogen) atoms.